The number of nitrogens with zero attached hydrogens (tertiary/aromatic N) is 2. The number of ether oxygens (including phenoxy) is 1. The maximum absolute atomic E-state index is 12.9. The van der Waals surface area contributed by atoms with E-state index < -0.39 is 0 Å². The lowest BCUT2D eigenvalue weighted by Gasteiger charge is -2.48. The third-order valence-electron chi connectivity index (χ3n) is 9.80. The van der Waals surface area contributed by atoms with Crippen molar-refractivity contribution in [1.29, 1.82) is 0 Å². The minimum absolute atomic E-state index is 0.179. The smallest absolute Gasteiger partial charge is 0.343 e. The first-order valence-electron chi connectivity index (χ1n) is 15.2. The monoisotopic (exact) mass is 559 g/mol. The molecule has 3 heterocycles. The lowest BCUT2D eigenvalue weighted by molar-refractivity contribution is -0.401. The SMILES string of the molecule is C[N+]1=C(/C=C/C=C/c2cc3c4c(c2)C(C)(C)CCN4CCC3(C)C)C(C)(C)c2cc(C(=O)Oc3ccccc3)ccc21. The summed E-state index contributed by atoms with van der Waals surface area (Å²) in [4.78, 5) is 15.5. The molecule has 0 fully saturated rings. The van der Waals surface area contributed by atoms with Crippen LogP contribution in [0.1, 0.15) is 87.0 Å². The standard InChI is InChI=1S/C38H43N2O2/c1-36(2)19-21-40-22-20-37(3,4)31-24-26(23-30(36)34(31)40)13-11-12-16-33-38(5,6)29-25-27(17-18-32(29)39(33)7)35(41)42-28-14-9-8-10-15-28/h8-18,23-25H,19-22H2,1-7H3/q+1. The van der Waals surface area contributed by atoms with Crippen LogP contribution in [0, 0.1) is 0 Å². The summed E-state index contributed by atoms with van der Waals surface area (Å²) in [7, 11) is 2.10. The van der Waals surface area contributed by atoms with E-state index in [-0.39, 0.29) is 22.2 Å². The molecule has 0 saturated carbocycles. The number of para-hydroxylation sites is 1. The molecule has 4 heteroatoms. The molecule has 0 radical (unpaired) electrons. The van der Waals surface area contributed by atoms with Gasteiger partial charge in [0.15, 0.2) is 5.71 Å². The van der Waals surface area contributed by atoms with E-state index in [1.165, 1.54) is 40.9 Å². The van der Waals surface area contributed by atoms with Gasteiger partial charge in [-0.3, -0.25) is 0 Å². The van der Waals surface area contributed by atoms with E-state index in [0.717, 1.165) is 24.3 Å². The Balaban J connectivity index is 1.25. The molecule has 6 rings (SSSR count). The van der Waals surface area contributed by atoms with E-state index in [1.807, 2.05) is 36.4 Å². The van der Waals surface area contributed by atoms with Crippen molar-refractivity contribution >= 4 is 29.1 Å². The first-order chi connectivity index (χ1) is 19.9. The third kappa shape index (κ3) is 4.81. The molecular weight excluding hydrogens is 516 g/mol. The quantitative estimate of drug-likeness (QED) is 0.136. The molecule has 0 amide bonds. The Morgan fingerprint density at radius 1 is 0.810 bits per heavy atom. The minimum atomic E-state index is -0.340. The zero-order valence-electron chi connectivity index (χ0n) is 26.1. The van der Waals surface area contributed by atoms with Crippen LogP contribution in [0.25, 0.3) is 6.08 Å². The number of fused-ring (bicyclic) bond motifs is 1. The second-order valence-corrected chi connectivity index (χ2v) is 13.9. The summed E-state index contributed by atoms with van der Waals surface area (Å²) in [6.45, 7) is 16.3. The van der Waals surface area contributed by atoms with Gasteiger partial charge in [-0.25, -0.2) is 4.79 Å². The molecule has 0 unspecified atom stereocenters. The summed E-state index contributed by atoms with van der Waals surface area (Å²) in [6, 6.07) is 19.9. The normalized spacial score (nSPS) is 19.7. The zero-order valence-corrected chi connectivity index (χ0v) is 26.1. The molecule has 3 aliphatic heterocycles. The van der Waals surface area contributed by atoms with Crippen molar-refractivity contribution in [1.82, 2.24) is 0 Å². The van der Waals surface area contributed by atoms with Crippen molar-refractivity contribution < 1.29 is 14.1 Å². The number of carbonyl (C=O) groups is 1. The van der Waals surface area contributed by atoms with Crippen molar-refractivity contribution in [2.24, 2.45) is 0 Å². The molecule has 42 heavy (non-hydrogen) atoms. The lowest BCUT2D eigenvalue weighted by atomic mass is 9.69. The first kappa shape index (κ1) is 28.2. The molecule has 216 valence electrons. The summed E-state index contributed by atoms with van der Waals surface area (Å²) in [6.07, 6.45) is 11.2. The van der Waals surface area contributed by atoms with E-state index >= 15 is 0 Å². The van der Waals surface area contributed by atoms with Crippen molar-refractivity contribution in [2.45, 2.75) is 70.6 Å². The molecule has 4 nitrogen and oxygen atoms in total. The fraction of sp³-hybridized carbons (Fsp3) is 0.368. The Morgan fingerprint density at radius 2 is 1.43 bits per heavy atom. The predicted molar refractivity (Wildman–Crippen MR) is 174 cm³/mol. The Labute approximate surface area is 251 Å². The van der Waals surface area contributed by atoms with Crippen molar-refractivity contribution in [2.75, 3.05) is 25.0 Å². The van der Waals surface area contributed by atoms with Crippen molar-refractivity contribution in [3.05, 3.63) is 107 Å². The maximum Gasteiger partial charge on any atom is 0.343 e. The van der Waals surface area contributed by atoms with Gasteiger partial charge < -0.3 is 9.64 Å². The maximum atomic E-state index is 12.9. The van der Waals surface area contributed by atoms with Crippen LogP contribution in [0.2, 0.25) is 0 Å². The molecule has 3 aromatic carbocycles. The molecule has 3 aromatic rings. The van der Waals surface area contributed by atoms with Crippen LogP contribution in [-0.2, 0) is 16.2 Å². The Kier molecular flexibility index (Phi) is 6.79. The topological polar surface area (TPSA) is 32.5 Å². The summed E-state index contributed by atoms with van der Waals surface area (Å²) in [5, 5.41) is 0. The van der Waals surface area contributed by atoms with Gasteiger partial charge >= 0.3 is 5.97 Å². The van der Waals surface area contributed by atoms with E-state index in [0.29, 0.717) is 11.3 Å². The number of hydrogen-bond acceptors (Lipinski definition) is 3. The number of esters is 1. The van der Waals surface area contributed by atoms with Gasteiger partial charge in [-0.1, -0.05) is 64.1 Å². The predicted octanol–water partition coefficient (Wildman–Crippen LogP) is 8.35. The van der Waals surface area contributed by atoms with Gasteiger partial charge in [-0.15, -0.1) is 0 Å². The van der Waals surface area contributed by atoms with Gasteiger partial charge in [0.25, 0.3) is 0 Å². The number of rotatable bonds is 5. The van der Waals surface area contributed by atoms with Crippen LogP contribution in [-0.4, -0.2) is 36.4 Å². The van der Waals surface area contributed by atoms with Gasteiger partial charge in [0, 0.05) is 36.5 Å². The summed E-state index contributed by atoms with van der Waals surface area (Å²) in [5.41, 5.74) is 9.83. The number of anilines is 1. The molecule has 0 atom stereocenters. The Hall–Kier alpha value is -3.92. The first-order valence-corrected chi connectivity index (χ1v) is 15.2. The van der Waals surface area contributed by atoms with Crippen LogP contribution in [0.4, 0.5) is 11.4 Å². The lowest BCUT2D eigenvalue weighted by Crippen LogP contribution is -2.44. The number of carbonyl (C=O) groups excluding carboxylic acids is 1. The van der Waals surface area contributed by atoms with Crippen LogP contribution in [0.5, 0.6) is 5.75 Å². The molecule has 0 spiro atoms. The van der Waals surface area contributed by atoms with Crippen LogP contribution in [0.15, 0.2) is 78.9 Å². The molecule has 0 saturated heterocycles. The highest BCUT2D eigenvalue weighted by molar-refractivity contribution is 6.04. The fourth-order valence-corrected chi connectivity index (χ4v) is 6.99. The second-order valence-electron chi connectivity index (χ2n) is 13.9. The van der Waals surface area contributed by atoms with Crippen LogP contribution in [0.3, 0.4) is 0 Å². The van der Waals surface area contributed by atoms with Gasteiger partial charge in [-0.05, 0) is 90.6 Å². The highest BCUT2D eigenvalue weighted by atomic mass is 16.5. The summed E-state index contributed by atoms with van der Waals surface area (Å²) >= 11 is 0. The second kappa shape index (κ2) is 10.1. The van der Waals surface area contributed by atoms with Gasteiger partial charge in [0.05, 0.1) is 11.0 Å². The average molecular weight is 560 g/mol. The fourth-order valence-electron chi connectivity index (χ4n) is 6.99. The Morgan fingerprint density at radius 3 is 2.07 bits per heavy atom. The molecule has 0 N–H and O–H groups in total. The van der Waals surface area contributed by atoms with Crippen molar-refractivity contribution in [3.8, 4) is 5.75 Å². The summed E-state index contributed by atoms with van der Waals surface area (Å²) in [5.74, 6) is 0.210. The van der Waals surface area contributed by atoms with Crippen LogP contribution < -0.4 is 9.64 Å². The molecule has 0 bridgehead atoms. The van der Waals surface area contributed by atoms with E-state index in [2.05, 4.69) is 94.5 Å². The minimum Gasteiger partial charge on any atom is -0.423 e. The number of allylic oxidation sites excluding steroid dienone is 3. The Bertz CT molecular complexity index is 1610. The number of benzene rings is 3. The third-order valence-corrected chi connectivity index (χ3v) is 9.80. The zero-order chi connectivity index (χ0) is 29.9. The van der Waals surface area contributed by atoms with Gasteiger partial charge in [0.2, 0.25) is 5.69 Å². The van der Waals surface area contributed by atoms with E-state index in [9.17, 15) is 4.79 Å². The highest BCUT2D eigenvalue weighted by Crippen LogP contribution is 2.49. The average Bonchev–Trinajstić information content (AvgIpc) is 3.14. The molecule has 0 aromatic heterocycles. The van der Waals surface area contributed by atoms with Crippen molar-refractivity contribution in [3.63, 3.8) is 0 Å². The largest absolute Gasteiger partial charge is 0.423 e. The molecular formula is C38H43N2O2+. The number of hydrogen-bond donors (Lipinski definition) is 0. The highest BCUT2D eigenvalue weighted by Gasteiger charge is 2.43. The molecule has 3 aliphatic rings. The summed E-state index contributed by atoms with van der Waals surface area (Å²) < 4.78 is 7.84. The molecule has 0 aliphatic carbocycles. The van der Waals surface area contributed by atoms with E-state index in [4.69, 9.17) is 4.74 Å². The van der Waals surface area contributed by atoms with E-state index in [1.54, 1.807) is 12.1 Å². The van der Waals surface area contributed by atoms with Crippen LogP contribution >= 0.6 is 0 Å². The van der Waals surface area contributed by atoms with Gasteiger partial charge in [0.1, 0.15) is 12.8 Å². The van der Waals surface area contributed by atoms with Gasteiger partial charge in [-0.2, -0.15) is 4.58 Å².